The molecule has 74 valence electrons. The Bertz CT molecular complexity index is 639. The molecule has 0 fully saturated rings. The molecule has 1 aromatic carbocycles. The molecule has 0 aliphatic rings. The number of hydrogen-bond acceptors (Lipinski definition) is 3. The van der Waals surface area contributed by atoms with E-state index in [2.05, 4.69) is 20.9 Å². The van der Waals surface area contributed by atoms with E-state index >= 15 is 0 Å². The standard InChI is InChI=1S/C10H6BrN3O/c11-5-1-2-6-8(3-5)14-10(13)7(4-12)9(6)15/h1-3H,(H3,13,14,15). The Morgan fingerprint density at radius 3 is 2.87 bits per heavy atom. The maximum absolute atomic E-state index is 11.8. The average Bonchev–Trinajstić information content (AvgIpc) is 2.17. The van der Waals surface area contributed by atoms with Crippen molar-refractivity contribution in [3.05, 3.63) is 38.5 Å². The smallest absolute Gasteiger partial charge is 0.209 e. The third-order valence-corrected chi connectivity index (χ3v) is 2.60. The van der Waals surface area contributed by atoms with Crippen molar-refractivity contribution in [2.45, 2.75) is 0 Å². The molecule has 3 N–H and O–H groups in total. The highest BCUT2D eigenvalue weighted by Gasteiger charge is 2.08. The third-order valence-electron chi connectivity index (χ3n) is 2.10. The number of pyridine rings is 1. The number of nitrogens with two attached hydrogens (primary N) is 1. The van der Waals surface area contributed by atoms with Gasteiger partial charge in [-0.1, -0.05) is 15.9 Å². The molecule has 2 rings (SSSR count). The van der Waals surface area contributed by atoms with Gasteiger partial charge in [0.2, 0.25) is 5.43 Å². The van der Waals surface area contributed by atoms with Crippen LogP contribution in [0.25, 0.3) is 10.9 Å². The quantitative estimate of drug-likeness (QED) is 0.760. The normalized spacial score (nSPS) is 10.1. The molecule has 0 saturated carbocycles. The highest BCUT2D eigenvalue weighted by Crippen LogP contribution is 2.17. The second kappa shape index (κ2) is 3.41. The molecule has 0 unspecified atom stereocenters. The van der Waals surface area contributed by atoms with Gasteiger partial charge in [0, 0.05) is 9.86 Å². The lowest BCUT2D eigenvalue weighted by atomic mass is 10.1. The summed E-state index contributed by atoms with van der Waals surface area (Å²) < 4.78 is 0.842. The van der Waals surface area contributed by atoms with Crippen molar-refractivity contribution in [1.29, 1.82) is 5.26 Å². The molecule has 0 saturated heterocycles. The Morgan fingerprint density at radius 1 is 1.47 bits per heavy atom. The van der Waals surface area contributed by atoms with Gasteiger partial charge >= 0.3 is 0 Å². The predicted octanol–water partition coefficient (Wildman–Crippen LogP) is 1.74. The minimum Gasteiger partial charge on any atom is -0.384 e. The first kappa shape index (κ1) is 9.74. The van der Waals surface area contributed by atoms with Gasteiger partial charge in [0.1, 0.15) is 17.5 Å². The minimum absolute atomic E-state index is 0.0372. The monoisotopic (exact) mass is 263 g/mol. The summed E-state index contributed by atoms with van der Waals surface area (Å²) in [6.07, 6.45) is 0. The topological polar surface area (TPSA) is 82.7 Å². The molecule has 0 aliphatic carbocycles. The second-order valence-corrected chi connectivity index (χ2v) is 3.96. The van der Waals surface area contributed by atoms with E-state index in [4.69, 9.17) is 11.0 Å². The maximum Gasteiger partial charge on any atom is 0.209 e. The fourth-order valence-corrected chi connectivity index (χ4v) is 1.75. The zero-order chi connectivity index (χ0) is 11.0. The summed E-state index contributed by atoms with van der Waals surface area (Å²) in [5.74, 6) is 0.105. The van der Waals surface area contributed by atoms with Crippen molar-refractivity contribution in [2.24, 2.45) is 0 Å². The number of nitrogen functional groups attached to an aromatic ring is 1. The minimum atomic E-state index is -0.337. The van der Waals surface area contributed by atoms with Gasteiger partial charge in [-0.15, -0.1) is 0 Å². The van der Waals surface area contributed by atoms with Crippen LogP contribution >= 0.6 is 15.9 Å². The van der Waals surface area contributed by atoms with Crippen molar-refractivity contribution in [3.8, 4) is 6.07 Å². The van der Waals surface area contributed by atoms with E-state index in [-0.39, 0.29) is 16.8 Å². The van der Waals surface area contributed by atoms with E-state index in [1.165, 1.54) is 0 Å². The Morgan fingerprint density at radius 2 is 2.20 bits per heavy atom. The van der Waals surface area contributed by atoms with E-state index < -0.39 is 0 Å². The van der Waals surface area contributed by atoms with Crippen LogP contribution in [0.1, 0.15) is 5.56 Å². The van der Waals surface area contributed by atoms with Crippen LogP contribution in [0.15, 0.2) is 27.5 Å². The predicted molar refractivity (Wildman–Crippen MR) is 61.4 cm³/mol. The van der Waals surface area contributed by atoms with Crippen LogP contribution in [0.3, 0.4) is 0 Å². The van der Waals surface area contributed by atoms with E-state index in [9.17, 15) is 4.79 Å². The highest BCUT2D eigenvalue weighted by atomic mass is 79.9. The first-order chi connectivity index (χ1) is 7.13. The summed E-state index contributed by atoms with van der Waals surface area (Å²) >= 11 is 3.29. The van der Waals surface area contributed by atoms with Crippen molar-refractivity contribution in [2.75, 3.05) is 5.73 Å². The van der Waals surface area contributed by atoms with Gasteiger partial charge in [-0.05, 0) is 18.2 Å². The molecule has 1 aromatic heterocycles. The zero-order valence-electron chi connectivity index (χ0n) is 7.54. The highest BCUT2D eigenvalue weighted by molar-refractivity contribution is 9.10. The van der Waals surface area contributed by atoms with E-state index in [0.29, 0.717) is 10.9 Å². The van der Waals surface area contributed by atoms with Gasteiger partial charge < -0.3 is 10.7 Å². The number of aromatic amines is 1. The Labute approximate surface area is 93.5 Å². The van der Waals surface area contributed by atoms with Gasteiger partial charge in [0.25, 0.3) is 0 Å². The molecule has 0 bridgehead atoms. The van der Waals surface area contributed by atoms with Crippen molar-refractivity contribution >= 4 is 32.7 Å². The summed E-state index contributed by atoms with van der Waals surface area (Å²) in [6, 6.07) is 6.93. The van der Waals surface area contributed by atoms with E-state index in [1.807, 2.05) is 0 Å². The summed E-state index contributed by atoms with van der Waals surface area (Å²) in [5, 5.41) is 9.22. The van der Waals surface area contributed by atoms with E-state index in [0.717, 1.165) is 4.47 Å². The molecule has 0 aliphatic heterocycles. The van der Waals surface area contributed by atoms with Crippen LogP contribution in [-0.2, 0) is 0 Å². The largest absolute Gasteiger partial charge is 0.384 e. The number of benzene rings is 1. The van der Waals surface area contributed by atoms with Crippen LogP contribution in [0.5, 0.6) is 0 Å². The fourth-order valence-electron chi connectivity index (χ4n) is 1.39. The number of rotatable bonds is 0. The first-order valence-corrected chi connectivity index (χ1v) is 4.94. The maximum atomic E-state index is 11.8. The number of fused-ring (bicyclic) bond motifs is 1. The molecule has 5 heteroatoms. The summed E-state index contributed by atoms with van der Waals surface area (Å²) in [7, 11) is 0. The van der Waals surface area contributed by atoms with E-state index in [1.54, 1.807) is 24.3 Å². The number of nitrogens with one attached hydrogen (secondary N) is 1. The lowest BCUT2D eigenvalue weighted by Gasteiger charge is -2.02. The number of nitrogens with zero attached hydrogens (tertiary/aromatic N) is 1. The molecule has 0 amide bonds. The number of hydrogen-bond donors (Lipinski definition) is 2. The van der Waals surface area contributed by atoms with Crippen LogP contribution in [0.2, 0.25) is 0 Å². The van der Waals surface area contributed by atoms with Gasteiger partial charge in [0.05, 0.1) is 5.52 Å². The SMILES string of the molecule is N#Cc1c(N)[nH]c2cc(Br)ccc2c1=O. The molecular formula is C10H6BrN3O. The fraction of sp³-hybridized carbons (Fsp3) is 0. The lowest BCUT2D eigenvalue weighted by Crippen LogP contribution is -2.11. The molecule has 1 heterocycles. The molecule has 0 radical (unpaired) electrons. The van der Waals surface area contributed by atoms with Gasteiger partial charge in [-0.25, -0.2) is 0 Å². The molecule has 2 aromatic rings. The molecular weight excluding hydrogens is 258 g/mol. The van der Waals surface area contributed by atoms with Gasteiger partial charge in [0.15, 0.2) is 0 Å². The van der Waals surface area contributed by atoms with Crippen LogP contribution in [0.4, 0.5) is 5.82 Å². The van der Waals surface area contributed by atoms with Crippen LogP contribution < -0.4 is 11.2 Å². The number of H-pyrrole nitrogens is 1. The Balaban J connectivity index is 2.99. The third kappa shape index (κ3) is 1.49. The molecule has 0 atom stereocenters. The average molecular weight is 264 g/mol. The first-order valence-electron chi connectivity index (χ1n) is 4.14. The van der Waals surface area contributed by atoms with Crippen molar-refractivity contribution in [3.63, 3.8) is 0 Å². The summed E-state index contributed by atoms with van der Waals surface area (Å²) in [4.78, 5) is 14.6. The van der Waals surface area contributed by atoms with Crippen molar-refractivity contribution in [1.82, 2.24) is 4.98 Å². The second-order valence-electron chi connectivity index (χ2n) is 3.04. The number of anilines is 1. The number of nitriles is 1. The van der Waals surface area contributed by atoms with Crippen LogP contribution in [0, 0.1) is 11.3 Å². The zero-order valence-corrected chi connectivity index (χ0v) is 9.13. The summed E-state index contributed by atoms with van der Waals surface area (Å²) in [6.45, 7) is 0. The van der Waals surface area contributed by atoms with Crippen molar-refractivity contribution < 1.29 is 0 Å². The Kier molecular flexibility index (Phi) is 2.21. The number of aromatic nitrogens is 1. The van der Waals surface area contributed by atoms with Gasteiger partial charge in [-0.3, -0.25) is 4.79 Å². The summed E-state index contributed by atoms with van der Waals surface area (Å²) in [5.41, 5.74) is 5.80. The lowest BCUT2D eigenvalue weighted by molar-refractivity contribution is 1.35. The molecule has 15 heavy (non-hydrogen) atoms. The van der Waals surface area contributed by atoms with Crippen LogP contribution in [-0.4, -0.2) is 4.98 Å². The Hall–Kier alpha value is -1.80. The molecule has 0 spiro atoms. The van der Waals surface area contributed by atoms with Gasteiger partial charge in [-0.2, -0.15) is 5.26 Å². The number of halogens is 1. The molecule has 4 nitrogen and oxygen atoms in total.